The molecule has 28 heavy (non-hydrogen) atoms. The first kappa shape index (κ1) is 17.0. The first-order valence-electron chi connectivity index (χ1n) is 9.07. The van der Waals surface area contributed by atoms with E-state index in [4.69, 9.17) is 14.0 Å². The van der Waals surface area contributed by atoms with Crippen LogP contribution in [0.25, 0.3) is 0 Å². The van der Waals surface area contributed by atoms with Gasteiger partial charge in [-0.3, -0.25) is 14.5 Å². The van der Waals surface area contributed by atoms with E-state index < -0.39 is 23.5 Å². The summed E-state index contributed by atoms with van der Waals surface area (Å²) in [7, 11) is 1.57. The lowest BCUT2D eigenvalue weighted by Gasteiger charge is -2.23. The quantitative estimate of drug-likeness (QED) is 0.814. The van der Waals surface area contributed by atoms with Crippen LogP contribution in [0.15, 0.2) is 47.0 Å². The fraction of sp³-hybridized carbons (Fsp3) is 0.350. The molecule has 3 aliphatic rings. The van der Waals surface area contributed by atoms with Crippen LogP contribution in [0.3, 0.4) is 0 Å². The highest BCUT2D eigenvalue weighted by Crippen LogP contribution is 2.52. The maximum absolute atomic E-state index is 13.2. The number of nitrogens with one attached hydrogen (secondary N) is 1. The van der Waals surface area contributed by atoms with E-state index in [1.807, 2.05) is 12.2 Å². The van der Waals surface area contributed by atoms with Gasteiger partial charge in [-0.15, -0.1) is 0 Å². The van der Waals surface area contributed by atoms with Crippen LogP contribution in [0.2, 0.25) is 0 Å². The van der Waals surface area contributed by atoms with Crippen LogP contribution in [-0.2, 0) is 14.3 Å². The summed E-state index contributed by atoms with van der Waals surface area (Å²) >= 11 is 0. The van der Waals surface area contributed by atoms with Gasteiger partial charge in [0.1, 0.15) is 17.1 Å². The molecule has 0 radical (unpaired) electrons. The van der Waals surface area contributed by atoms with Crippen molar-refractivity contribution in [1.82, 2.24) is 5.16 Å². The number of hydrogen-bond acceptors (Lipinski definition) is 6. The number of carbonyl (C=O) groups excluding carboxylic acids is 2. The molecule has 2 bridgehead atoms. The Labute approximate surface area is 161 Å². The predicted octanol–water partition coefficient (Wildman–Crippen LogP) is 1.92. The Kier molecular flexibility index (Phi) is 3.60. The van der Waals surface area contributed by atoms with Crippen molar-refractivity contribution >= 4 is 23.3 Å². The molecule has 0 saturated carbocycles. The van der Waals surface area contributed by atoms with Crippen LogP contribution in [0, 0.1) is 18.8 Å². The minimum Gasteiger partial charge on any atom is -0.497 e. The van der Waals surface area contributed by atoms with Crippen molar-refractivity contribution in [3.63, 3.8) is 0 Å². The van der Waals surface area contributed by atoms with Gasteiger partial charge in [0.05, 0.1) is 31.6 Å². The van der Waals surface area contributed by atoms with Gasteiger partial charge in [0.2, 0.25) is 11.8 Å². The highest BCUT2D eigenvalue weighted by atomic mass is 16.5. The first-order chi connectivity index (χ1) is 13.5. The van der Waals surface area contributed by atoms with E-state index in [-0.39, 0.29) is 11.8 Å². The number of nitrogens with zero attached hydrogens (tertiary/aromatic N) is 2. The van der Waals surface area contributed by atoms with E-state index in [1.54, 1.807) is 49.3 Å². The van der Waals surface area contributed by atoms with E-state index >= 15 is 0 Å². The molecular formula is C20H19N3O5. The second kappa shape index (κ2) is 5.93. The van der Waals surface area contributed by atoms with Crippen LogP contribution in [0.4, 0.5) is 11.5 Å². The number of hydrogen-bond donors (Lipinski definition) is 1. The summed E-state index contributed by atoms with van der Waals surface area (Å²) in [6.45, 7) is 2.08. The average Bonchev–Trinajstić information content (AvgIpc) is 3.43. The third kappa shape index (κ3) is 2.37. The van der Waals surface area contributed by atoms with Crippen LogP contribution in [0.1, 0.15) is 5.76 Å². The minimum atomic E-state index is -0.801. The zero-order valence-electron chi connectivity index (χ0n) is 15.4. The van der Waals surface area contributed by atoms with E-state index in [9.17, 15) is 9.59 Å². The molecule has 1 spiro atoms. The number of benzene rings is 1. The SMILES string of the molecule is COc1cccc(NC(=O)C2C3C(=O)N(c4cc(C)on4)C[C@@]34C=C[C@H]2O4)c1. The summed E-state index contributed by atoms with van der Waals surface area (Å²) in [5.74, 6) is 0.0748. The highest BCUT2D eigenvalue weighted by molar-refractivity contribution is 6.05. The molecule has 4 atom stereocenters. The van der Waals surface area contributed by atoms with Crippen LogP contribution in [-0.4, -0.2) is 42.3 Å². The van der Waals surface area contributed by atoms with Gasteiger partial charge in [0.15, 0.2) is 5.82 Å². The van der Waals surface area contributed by atoms with Crippen molar-refractivity contribution < 1.29 is 23.6 Å². The topological polar surface area (TPSA) is 93.9 Å². The van der Waals surface area contributed by atoms with Gasteiger partial charge in [-0.1, -0.05) is 23.4 Å². The van der Waals surface area contributed by atoms with E-state index in [0.29, 0.717) is 29.6 Å². The molecule has 2 fully saturated rings. The van der Waals surface area contributed by atoms with Gasteiger partial charge in [-0.2, -0.15) is 0 Å². The smallest absolute Gasteiger partial charge is 0.235 e. The summed E-state index contributed by atoms with van der Waals surface area (Å²) in [6, 6.07) is 8.81. The number of anilines is 2. The lowest BCUT2D eigenvalue weighted by atomic mass is 9.77. The third-order valence-corrected chi connectivity index (χ3v) is 5.63. The van der Waals surface area contributed by atoms with E-state index in [1.165, 1.54) is 0 Å². The maximum Gasteiger partial charge on any atom is 0.235 e. The molecular weight excluding hydrogens is 362 g/mol. The summed E-state index contributed by atoms with van der Waals surface area (Å²) in [6.07, 6.45) is 3.36. The number of carbonyl (C=O) groups is 2. The Morgan fingerprint density at radius 1 is 1.39 bits per heavy atom. The first-order valence-corrected chi connectivity index (χ1v) is 9.07. The molecule has 5 rings (SSSR count). The second-order valence-electron chi connectivity index (χ2n) is 7.34. The van der Waals surface area contributed by atoms with Crippen molar-refractivity contribution in [1.29, 1.82) is 0 Å². The number of methoxy groups -OCH3 is 1. The molecule has 4 heterocycles. The van der Waals surface area contributed by atoms with Gasteiger partial charge in [0, 0.05) is 17.8 Å². The Bertz CT molecular complexity index is 999. The molecule has 1 aromatic carbocycles. The van der Waals surface area contributed by atoms with Gasteiger partial charge in [-0.25, -0.2) is 0 Å². The summed E-state index contributed by atoms with van der Waals surface area (Å²) in [5, 5.41) is 6.84. The second-order valence-corrected chi connectivity index (χ2v) is 7.34. The van der Waals surface area contributed by atoms with Crippen molar-refractivity contribution in [2.45, 2.75) is 18.6 Å². The Hall–Kier alpha value is -3.13. The predicted molar refractivity (Wildman–Crippen MR) is 98.9 cm³/mol. The summed E-state index contributed by atoms with van der Waals surface area (Å²) in [5.41, 5.74) is -0.190. The summed E-state index contributed by atoms with van der Waals surface area (Å²) < 4.78 is 16.4. The fourth-order valence-corrected chi connectivity index (χ4v) is 4.40. The summed E-state index contributed by atoms with van der Waals surface area (Å²) in [4.78, 5) is 27.8. The normalized spacial score (nSPS) is 30.0. The molecule has 3 aliphatic heterocycles. The Balaban J connectivity index is 1.42. The maximum atomic E-state index is 13.2. The van der Waals surface area contributed by atoms with Crippen molar-refractivity contribution in [2.75, 3.05) is 23.9 Å². The minimum absolute atomic E-state index is 0.175. The molecule has 1 aromatic heterocycles. The van der Waals surface area contributed by atoms with Crippen molar-refractivity contribution in [3.05, 3.63) is 48.2 Å². The standard InChI is InChI=1S/C20H19N3O5/c1-11-8-15(22-28-11)23-10-20-7-6-14(27-20)16(17(20)19(23)25)18(24)21-12-4-3-5-13(9-12)26-2/h3-9,14,16-17H,10H2,1-2H3,(H,21,24)/t14-,16?,17?,20+/m1/s1. The zero-order chi connectivity index (χ0) is 19.5. The van der Waals surface area contributed by atoms with Gasteiger partial charge in [-0.05, 0) is 19.1 Å². The molecule has 144 valence electrons. The largest absolute Gasteiger partial charge is 0.497 e. The molecule has 0 aliphatic carbocycles. The molecule has 2 aromatic rings. The van der Waals surface area contributed by atoms with E-state index in [0.717, 1.165) is 0 Å². The number of fused-ring (bicyclic) bond motifs is 1. The molecule has 2 amide bonds. The number of aromatic nitrogens is 1. The van der Waals surface area contributed by atoms with Gasteiger partial charge in [0.25, 0.3) is 0 Å². The molecule has 8 nitrogen and oxygen atoms in total. The van der Waals surface area contributed by atoms with Crippen molar-refractivity contribution in [2.24, 2.45) is 11.8 Å². The fourth-order valence-electron chi connectivity index (χ4n) is 4.40. The molecule has 8 heteroatoms. The molecule has 1 N–H and O–H groups in total. The van der Waals surface area contributed by atoms with Crippen LogP contribution >= 0.6 is 0 Å². The van der Waals surface area contributed by atoms with Crippen LogP contribution < -0.4 is 15.0 Å². The monoisotopic (exact) mass is 381 g/mol. The lowest BCUT2D eigenvalue weighted by molar-refractivity contribution is -0.128. The van der Waals surface area contributed by atoms with E-state index in [2.05, 4.69) is 10.5 Å². The van der Waals surface area contributed by atoms with Crippen molar-refractivity contribution in [3.8, 4) is 5.75 Å². The average molecular weight is 381 g/mol. The number of aryl methyl sites for hydroxylation is 1. The lowest BCUT2D eigenvalue weighted by Crippen LogP contribution is -2.41. The van der Waals surface area contributed by atoms with Gasteiger partial charge >= 0.3 is 0 Å². The van der Waals surface area contributed by atoms with Crippen LogP contribution in [0.5, 0.6) is 5.75 Å². The van der Waals surface area contributed by atoms with Gasteiger partial charge < -0.3 is 19.3 Å². The Morgan fingerprint density at radius 3 is 3.00 bits per heavy atom. The number of amides is 2. The highest BCUT2D eigenvalue weighted by Gasteiger charge is 2.67. The molecule has 2 saturated heterocycles. The molecule has 2 unspecified atom stereocenters. The number of rotatable bonds is 4. The zero-order valence-corrected chi connectivity index (χ0v) is 15.4. The Morgan fingerprint density at radius 2 is 2.25 bits per heavy atom. The number of ether oxygens (including phenoxy) is 2. The third-order valence-electron chi connectivity index (χ3n) is 5.63.